The third-order valence-electron chi connectivity index (χ3n) is 1.96. The predicted molar refractivity (Wildman–Crippen MR) is 62.5 cm³/mol. The summed E-state index contributed by atoms with van der Waals surface area (Å²) in [6.07, 6.45) is 0.506. The summed E-state index contributed by atoms with van der Waals surface area (Å²) in [5, 5.41) is 0. The summed E-state index contributed by atoms with van der Waals surface area (Å²) in [7, 11) is 0. The van der Waals surface area contributed by atoms with Gasteiger partial charge in [0.25, 0.3) is 0 Å². The van der Waals surface area contributed by atoms with E-state index in [1.807, 2.05) is 24.3 Å². The van der Waals surface area contributed by atoms with Crippen molar-refractivity contribution in [2.75, 3.05) is 6.61 Å². The van der Waals surface area contributed by atoms with Gasteiger partial charge in [0.1, 0.15) is 6.04 Å². The van der Waals surface area contributed by atoms with E-state index in [2.05, 4.69) is 15.9 Å². The van der Waals surface area contributed by atoms with Crippen molar-refractivity contribution in [3.63, 3.8) is 0 Å². The minimum atomic E-state index is -0.578. The molecule has 1 rings (SSSR count). The molecule has 0 unspecified atom stereocenters. The maximum Gasteiger partial charge on any atom is 0.323 e. The molecular formula is C11H14BrNO2. The third kappa shape index (κ3) is 4.01. The molecule has 4 heteroatoms. The molecule has 15 heavy (non-hydrogen) atoms. The van der Waals surface area contributed by atoms with Gasteiger partial charge in [-0.05, 0) is 31.0 Å². The Morgan fingerprint density at radius 1 is 1.47 bits per heavy atom. The van der Waals surface area contributed by atoms with Crippen LogP contribution < -0.4 is 5.73 Å². The number of benzene rings is 1. The van der Waals surface area contributed by atoms with Crippen molar-refractivity contribution in [2.24, 2.45) is 5.73 Å². The number of ether oxygens (including phenoxy) is 1. The average molecular weight is 272 g/mol. The van der Waals surface area contributed by atoms with Crippen LogP contribution in [0.3, 0.4) is 0 Å². The van der Waals surface area contributed by atoms with Crippen molar-refractivity contribution in [1.29, 1.82) is 0 Å². The van der Waals surface area contributed by atoms with E-state index in [4.69, 9.17) is 10.5 Å². The normalized spacial score (nSPS) is 12.2. The Morgan fingerprint density at radius 3 is 2.60 bits per heavy atom. The van der Waals surface area contributed by atoms with Crippen molar-refractivity contribution in [3.8, 4) is 0 Å². The third-order valence-corrected chi connectivity index (χ3v) is 2.49. The molecule has 0 aliphatic heterocycles. The highest BCUT2D eigenvalue weighted by molar-refractivity contribution is 9.10. The van der Waals surface area contributed by atoms with Gasteiger partial charge < -0.3 is 10.5 Å². The lowest BCUT2D eigenvalue weighted by Gasteiger charge is -2.10. The molecule has 2 N–H and O–H groups in total. The number of hydrogen-bond donors (Lipinski definition) is 1. The molecule has 0 saturated heterocycles. The SMILES string of the molecule is CCOC(=O)[C@H](N)Cc1ccc(Br)cc1. The van der Waals surface area contributed by atoms with Crippen LogP contribution in [0.15, 0.2) is 28.7 Å². The molecule has 0 saturated carbocycles. The van der Waals surface area contributed by atoms with Crippen LogP contribution in [0.1, 0.15) is 12.5 Å². The molecule has 82 valence electrons. The summed E-state index contributed by atoms with van der Waals surface area (Å²) in [5.74, 6) is -0.347. The van der Waals surface area contributed by atoms with E-state index < -0.39 is 6.04 Å². The zero-order chi connectivity index (χ0) is 11.3. The van der Waals surface area contributed by atoms with Crippen molar-refractivity contribution < 1.29 is 9.53 Å². The van der Waals surface area contributed by atoms with Crippen LogP contribution in [0.5, 0.6) is 0 Å². The summed E-state index contributed by atoms with van der Waals surface area (Å²) in [5.41, 5.74) is 6.71. The van der Waals surface area contributed by atoms with E-state index in [1.54, 1.807) is 6.92 Å². The maximum atomic E-state index is 11.3. The molecule has 0 aliphatic carbocycles. The van der Waals surface area contributed by atoms with Gasteiger partial charge in [0, 0.05) is 4.47 Å². The van der Waals surface area contributed by atoms with Crippen LogP contribution >= 0.6 is 15.9 Å². The van der Waals surface area contributed by atoms with Crippen LogP contribution in [0.4, 0.5) is 0 Å². The van der Waals surface area contributed by atoms with E-state index in [0.717, 1.165) is 10.0 Å². The largest absolute Gasteiger partial charge is 0.465 e. The van der Waals surface area contributed by atoms with Gasteiger partial charge in [-0.1, -0.05) is 28.1 Å². The summed E-state index contributed by atoms with van der Waals surface area (Å²) in [6.45, 7) is 2.14. The first-order valence-electron chi connectivity index (χ1n) is 4.80. The first-order chi connectivity index (χ1) is 7.13. The fourth-order valence-electron chi connectivity index (χ4n) is 1.21. The molecule has 0 aromatic heterocycles. The Morgan fingerprint density at radius 2 is 2.07 bits per heavy atom. The molecule has 0 fully saturated rings. The van der Waals surface area contributed by atoms with Crippen LogP contribution in [0, 0.1) is 0 Å². The molecule has 1 aromatic carbocycles. The van der Waals surface area contributed by atoms with Gasteiger partial charge in [0.15, 0.2) is 0 Å². The van der Waals surface area contributed by atoms with Crippen LogP contribution in [-0.4, -0.2) is 18.6 Å². The zero-order valence-corrected chi connectivity index (χ0v) is 10.2. The second-order valence-corrected chi connectivity index (χ2v) is 4.10. The Hall–Kier alpha value is -0.870. The standard InChI is InChI=1S/C11H14BrNO2/c1-2-15-11(14)10(13)7-8-3-5-9(12)6-4-8/h3-6,10H,2,7,13H2,1H3/t10-/m1/s1. The topological polar surface area (TPSA) is 52.3 Å². The molecular weight excluding hydrogens is 258 g/mol. The number of esters is 1. The van der Waals surface area contributed by atoms with Gasteiger partial charge >= 0.3 is 5.97 Å². The highest BCUT2D eigenvalue weighted by atomic mass is 79.9. The van der Waals surface area contributed by atoms with Crippen molar-refractivity contribution in [2.45, 2.75) is 19.4 Å². The molecule has 0 spiro atoms. The smallest absolute Gasteiger partial charge is 0.323 e. The van der Waals surface area contributed by atoms with Crippen LogP contribution in [0.25, 0.3) is 0 Å². The molecule has 0 heterocycles. The Kier molecular flexibility index (Phi) is 4.78. The van der Waals surface area contributed by atoms with E-state index in [0.29, 0.717) is 13.0 Å². The second kappa shape index (κ2) is 5.88. The number of rotatable bonds is 4. The fourth-order valence-corrected chi connectivity index (χ4v) is 1.47. The predicted octanol–water partition coefficient (Wildman–Crippen LogP) is 1.88. The summed E-state index contributed by atoms with van der Waals surface area (Å²) >= 11 is 3.34. The molecule has 0 radical (unpaired) electrons. The van der Waals surface area contributed by atoms with Crippen molar-refractivity contribution in [3.05, 3.63) is 34.3 Å². The Labute approximate surface area is 97.7 Å². The monoisotopic (exact) mass is 271 g/mol. The molecule has 0 amide bonds. The quantitative estimate of drug-likeness (QED) is 0.851. The molecule has 3 nitrogen and oxygen atoms in total. The van der Waals surface area contributed by atoms with E-state index in [9.17, 15) is 4.79 Å². The summed E-state index contributed by atoms with van der Waals surface area (Å²) < 4.78 is 5.84. The first-order valence-corrected chi connectivity index (χ1v) is 5.59. The minimum absolute atomic E-state index is 0.347. The number of nitrogens with two attached hydrogens (primary N) is 1. The maximum absolute atomic E-state index is 11.3. The molecule has 0 aliphatic rings. The lowest BCUT2D eigenvalue weighted by molar-refractivity contribution is -0.144. The van der Waals surface area contributed by atoms with Gasteiger partial charge in [-0.25, -0.2) is 0 Å². The highest BCUT2D eigenvalue weighted by Gasteiger charge is 2.14. The van der Waals surface area contributed by atoms with Gasteiger partial charge in [0.2, 0.25) is 0 Å². The van der Waals surface area contributed by atoms with Gasteiger partial charge in [-0.3, -0.25) is 4.79 Å². The van der Waals surface area contributed by atoms with Gasteiger partial charge in [0.05, 0.1) is 6.61 Å². The van der Waals surface area contributed by atoms with Gasteiger partial charge in [-0.2, -0.15) is 0 Å². The van der Waals surface area contributed by atoms with Crippen molar-refractivity contribution in [1.82, 2.24) is 0 Å². The second-order valence-electron chi connectivity index (χ2n) is 3.19. The lowest BCUT2D eigenvalue weighted by atomic mass is 10.1. The number of carbonyl (C=O) groups excluding carboxylic acids is 1. The fraction of sp³-hybridized carbons (Fsp3) is 0.364. The molecule has 1 aromatic rings. The number of halogens is 1. The van der Waals surface area contributed by atoms with E-state index in [1.165, 1.54) is 0 Å². The van der Waals surface area contributed by atoms with E-state index in [-0.39, 0.29) is 5.97 Å². The van der Waals surface area contributed by atoms with Gasteiger partial charge in [-0.15, -0.1) is 0 Å². The number of hydrogen-bond acceptors (Lipinski definition) is 3. The zero-order valence-electron chi connectivity index (χ0n) is 8.57. The van der Waals surface area contributed by atoms with Crippen molar-refractivity contribution >= 4 is 21.9 Å². The summed E-state index contributed by atoms with van der Waals surface area (Å²) in [6, 6.07) is 7.14. The Bertz CT molecular complexity index is 324. The molecule has 1 atom stereocenters. The average Bonchev–Trinajstić information content (AvgIpc) is 2.22. The number of carbonyl (C=O) groups is 1. The lowest BCUT2D eigenvalue weighted by Crippen LogP contribution is -2.34. The van der Waals surface area contributed by atoms with Crippen LogP contribution in [-0.2, 0) is 16.0 Å². The summed E-state index contributed by atoms with van der Waals surface area (Å²) in [4.78, 5) is 11.3. The highest BCUT2D eigenvalue weighted by Crippen LogP contribution is 2.11. The van der Waals surface area contributed by atoms with E-state index >= 15 is 0 Å². The Balaban J connectivity index is 2.54. The van der Waals surface area contributed by atoms with Crippen LogP contribution in [0.2, 0.25) is 0 Å². The molecule has 0 bridgehead atoms. The first kappa shape index (κ1) is 12.2. The minimum Gasteiger partial charge on any atom is -0.465 e.